The van der Waals surface area contributed by atoms with Gasteiger partial charge >= 0.3 is 0 Å². The van der Waals surface area contributed by atoms with E-state index in [0.717, 1.165) is 8.04 Å². The van der Waals surface area contributed by atoms with Crippen LogP contribution in [0.5, 0.6) is 0 Å². The third-order valence-corrected chi connectivity index (χ3v) is 3.66. The number of carbonyl (C=O) groups is 1. The molecule has 1 amide bonds. The number of anilines is 1. The van der Waals surface area contributed by atoms with Gasteiger partial charge in [-0.05, 0) is 46.9 Å². The molecule has 18 heavy (non-hydrogen) atoms. The van der Waals surface area contributed by atoms with E-state index in [1.54, 1.807) is 12.1 Å². The summed E-state index contributed by atoms with van der Waals surface area (Å²) < 4.78 is 1.68. The van der Waals surface area contributed by atoms with Crippen LogP contribution in [0.2, 0.25) is 5.15 Å². The molecular weight excluding hydrogens is 432 g/mol. The number of benzene rings is 1. The Kier molecular flexibility index (Phi) is 4.52. The highest BCUT2D eigenvalue weighted by Gasteiger charge is 2.12. The second-order valence-electron chi connectivity index (χ2n) is 3.28. The SMILES string of the molecule is O=C(Nc1nccc(Cl)n1)c1cc(Br)ccc1I. The molecule has 0 atom stereocenters. The van der Waals surface area contributed by atoms with Gasteiger partial charge in [0.1, 0.15) is 5.15 Å². The smallest absolute Gasteiger partial charge is 0.259 e. The average molecular weight is 438 g/mol. The molecule has 92 valence electrons. The van der Waals surface area contributed by atoms with Crippen molar-refractivity contribution in [2.24, 2.45) is 0 Å². The number of hydrogen-bond donors (Lipinski definition) is 1. The Morgan fingerprint density at radius 1 is 1.39 bits per heavy atom. The van der Waals surface area contributed by atoms with E-state index in [2.05, 4.69) is 53.8 Å². The minimum absolute atomic E-state index is 0.184. The van der Waals surface area contributed by atoms with E-state index in [0.29, 0.717) is 5.56 Å². The molecular formula is C11H6BrClIN3O. The predicted molar refractivity (Wildman–Crippen MR) is 81.9 cm³/mol. The normalized spacial score (nSPS) is 10.2. The highest BCUT2D eigenvalue weighted by Crippen LogP contribution is 2.19. The standard InChI is InChI=1S/C11H6BrClIN3O/c12-6-1-2-8(14)7(5-6)10(18)17-11-15-4-3-9(13)16-11/h1-5H,(H,15,16,17,18). The van der Waals surface area contributed by atoms with Crippen LogP contribution < -0.4 is 5.32 Å². The molecule has 1 aromatic heterocycles. The van der Waals surface area contributed by atoms with Gasteiger partial charge in [0.15, 0.2) is 0 Å². The van der Waals surface area contributed by atoms with E-state index < -0.39 is 0 Å². The molecule has 1 N–H and O–H groups in total. The number of nitrogens with one attached hydrogen (secondary N) is 1. The first-order valence-corrected chi connectivity index (χ1v) is 7.06. The number of aromatic nitrogens is 2. The molecule has 0 bridgehead atoms. The molecule has 0 radical (unpaired) electrons. The lowest BCUT2D eigenvalue weighted by Crippen LogP contribution is -2.15. The van der Waals surface area contributed by atoms with E-state index >= 15 is 0 Å². The van der Waals surface area contributed by atoms with E-state index in [-0.39, 0.29) is 17.0 Å². The van der Waals surface area contributed by atoms with Crippen LogP contribution in [-0.4, -0.2) is 15.9 Å². The van der Waals surface area contributed by atoms with Crippen LogP contribution >= 0.6 is 50.1 Å². The number of rotatable bonds is 2. The fraction of sp³-hybridized carbons (Fsp3) is 0. The zero-order valence-electron chi connectivity index (χ0n) is 8.82. The molecule has 0 spiro atoms. The molecule has 7 heteroatoms. The Morgan fingerprint density at radius 2 is 2.17 bits per heavy atom. The number of amides is 1. The van der Waals surface area contributed by atoms with Crippen molar-refractivity contribution in [3.8, 4) is 0 Å². The Morgan fingerprint density at radius 3 is 2.89 bits per heavy atom. The van der Waals surface area contributed by atoms with Crippen LogP contribution in [0.15, 0.2) is 34.9 Å². The van der Waals surface area contributed by atoms with Crippen molar-refractivity contribution in [2.75, 3.05) is 5.32 Å². The maximum absolute atomic E-state index is 12.0. The molecule has 0 saturated heterocycles. The molecule has 2 aromatic rings. The zero-order valence-corrected chi connectivity index (χ0v) is 13.3. The minimum Gasteiger partial charge on any atom is -0.290 e. The zero-order chi connectivity index (χ0) is 13.1. The second-order valence-corrected chi connectivity index (χ2v) is 5.75. The number of hydrogen-bond acceptors (Lipinski definition) is 3. The van der Waals surface area contributed by atoms with E-state index in [4.69, 9.17) is 11.6 Å². The van der Waals surface area contributed by atoms with Crippen LogP contribution in [0.25, 0.3) is 0 Å². The Bertz CT molecular complexity index is 609. The van der Waals surface area contributed by atoms with Gasteiger partial charge in [-0.25, -0.2) is 9.97 Å². The Balaban J connectivity index is 2.24. The number of halogens is 3. The van der Waals surface area contributed by atoms with Crippen LogP contribution in [0.3, 0.4) is 0 Å². The first-order valence-electron chi connectivity index (χ1n) is 4.81. The van der Waals surface area contributed by atoms with E-state index in [9.17, 15) is 4.79 Å². The van der Waals surface area contributed by atoms with Gasteiger partial charge in [-0.15, -0.1) is 0 Å². The topological polar surface area (TPSA) is 54.9 Å². The summed E-state index contributed by atoms with van der Waals surface area (Å²) in [5.41, 5.74) is 0.550. The van der Waals surface area contributed by atoms with Crippen molar-refractivity contribution in [2.45, 2.75) is 0 Å². The lowest BCUT2D eigenvalue weighted by Gasteiger charge is -2.06. The molecule has 0 aliphatic rings. The fourth-order valence-corrected chi connectivity index (χ4v) is 2.32. The van der Waals surface area contributed by atoms with Crippen molar-refractivity contribution < 1.29 is 4.79 Å². The first-order chi connectivity index (χ1) is 8.56. The van der Waals surface area contributed by atoms with Gasteiger partial charge in [0.2, 0.25) is 5.95 Å². The lowest BCUT2D eigenvalue weighted by atomic mass is 10.2. The number of carbonyl (C=O) groups excluding carboxylic acids is 1. The lowest BCUT2D eigenvalue weighted by molar-refractivity contribution is 0.102. The largest absolute Gasteiger partial charge is 0.290 e. The monoisotopic (exact) mass is 437 g/mol. The summed E-state index contributed by atoms with van der Waals surface area (Å²) >= 11 is 11.1. The molecule has 0 saturated carbocycles. The van der Waals surface area contributed by atoms with Crippen molar-refractivity contribution in [3.05, 3.63) is 49.2 Å². The number of nitrogens with zero attached hydrogens (tertiary/aromatic N) is 2. The molecule has 0 aliphatic heterocycles. The summed E-state index contributed by atoms with van der Waals surface area (Å²) in [4.78, 5) is 19.9. The van der Waals surface area contributed by atoms with Gasteiger partial charge in [-0.2, -0.15) is 0 Å². The van der Waals surface area contributed by atoms with Crippen molar-refractivity contribution in [3.63, 3.8) is 0 Å². The fourth-order valence-electron chi connectivity index (χ4n) is 1.24. The molecule has 0 fully saturated rings. The maximum atomic E-state index is 12.0. The van der Waals surface area contributed by atoms with Gasteiger partial charge in [-0.1, -0.05) is 27.5 Å². The Labute approximate surface area is 130 Å². The molecule has 1 heterocycles. The van der Waals surface area contributed by atoms with Crippen LogP contribution in [0.1, 0.15) is 10.4 Å². The highest BCUT2D eigenvalue weighted by molar-refractivity contribution is 14.1. The van der Waals surface area contributed by atoms with Crippen molar-refractivity contribution in [1.82, 2.24) is 9.97 Å². The average Bonchev–Trinajstić information content (AvgIpc) is 2.32. The maximum Gasteiger partial charge on any atom is 0.259 e. The van der Waals surface area contributed by atoms with E-state index in [1.165, 1.54) is 6.20 Å². The summed E-state index contributed by atoms with van der Waals surface area (Å²) in [6.07, 6.45) is 1.48. The van der Waals surface area contributed by atoms with Crippen LogP contribution in [0, 0.1) is 3.57 Å². The summed E-state index contributed by atoms with van der Waals surface area (Å²) in [5.74, 6) is -0.0914. The molecule has 1 aromatic carbocycles. The van der Waals surface area contributed by atoms with Crippen molar-refractivity contribution >= 4 is 62.0 Å². The van der Waals surface area contributed by atoms with Gasteiger partial charge < -0.3 is 0 Å². The van der Waals surface area contributed by atoms with Gasteiger partial charge in [0.25, 0.3) is 5.91 Å². The molecule has 0 aliphatic carbocycles. The van der Waals surface area contributed by atoms with Crippen molar-refractivity contribution in [1.29, 1.82) is 0 Å². The second kappa shape index (κ2) is 5.94. The molecule has 0 unspecified atom stereocenters. The Hall–Kier alpha value is -0.730. The summed E-state index contributed by atoms with van der Waals surface area (Å²) in [6.45, 7) is 0. The van der Waals surface area contributed by atoms with Gasteiger partial charge in [-0.3, -0.25) is 10.1 Å². The summed E-state index contributed by atoms with van der Waals surface area (Å²) in [6, 6.07) is 6.99. The van der Waals surface area contributed by atoms with E-state index in [1.807, 2.05) is 12.1 Å². The highest BCUT2D eigenvalue weighted by atomic mass is 127. The van der Waals surface area contributed by atoms with Crippen LogP contribution in [-0.2, 0) is 0 Å². The molecule has 4 nitrogen and oxygen atoms in total. The predicted octanol–water partition coefficient (Wildman–Crippen LogP) is 3.75. The third-order valence-electron chi connectivity index (χ3n) is 2.02. The molecule has 2 rings (SSSR count). The summed E-state index contributed by atoms with van der Waals surface area (Å²) in [7, 11) is 0. The summed E-state index contributed by atoms with van der Waals surface area (Å²) in [5, 5.41) is 2.88. The van der Waals surface area contributed by atoms with Crippen LogP contribution in [0.4, 0.5) is 5.95 Å². The van der Waals surface area contributed by atoms with Gasteiger partial charge in [0.05, 0.1) is 5.56 Å². The first kappa shape index (κ1) is 13.7. The third kappa shape index (κ3) is 3.39. The minimum atomic E-state index is -0.275. The van der Waals surface area contributed by atoms with Gasteiger partial charge in [0, 0.05) is 14.2 Å². The quantitative estimate of drug-likeness (QED) is 0.574.